The van der Waals surface area contributed by atoms with Gasteiger partial charge in [-0.1, -0.05) is 35.6 Å². The Kier molecular flexibility index (Phi) is 7.16. The molecule has 1 atom stereocenters. The Morgan fingerprint density at radius 1 is 1.03 bits per heavy atom. The van der Waals surface area contributed by atoms with Crippen LogP contribution in [0.25, 0.3) is 5.76 Å². The molecule has 0 saturated carbocycles. The van der Waals surface area contributed by atoms with Crippen molar-refractivity contribution in [2.24, 2.45) is 0 Å². The van der Waals surface area contributed by atoms with Crippen LogP contribution in [0.1, 0.15) is 32.5 Å². The number of methoxy groups -OCH3 is 4. The van der Waals surface area contributed by atoms with Crippen molar-refractivity contribution < 1.29 is 38.4 Å². The SMILES string of the molecule is COC(=O)c1sc(N2C(=O)C(=O)/C(=C(/O)c3cccc(OC)c3)[C@H]2c2cccc(OC)c2OC)nc1C. The lowest BCUT2D eigenvalue weighted by atomic mass is 9.94. The van der Waals surface area contributed by atoms with Crippen LogP contribution in [0.2, 0.25) is 0 Å². The summed E-state index contributed by atoms with van der Waals surface area (Å²) in [5, 5.41) is 11.4. The zero-order valence-electron chi connectivity index (χ0n) is 20.7. The maximum absolute atomic E-state index is 13.5. The van der Waals surface area contributed by atoms with E-state index in [1.165, 1.54) is 28.4 Å². The summed E-state index contributed by atoms with van der Waals surface area (Å²) in [5.41, 5.74) is 0.794. The van der Waals surface area contributed by atoms with Crippen LogP contribution in [0, 0.1) is 6.92 Å². The van der Waals surface area contributed by atoms with Crippen LogP contribution in [-0.2, 0) is 14.3 Å². The molecule has 2 aromatic carbocycles. The number of aryl methyl sites for hydroxylation is 1. The predicted octanol–water partition coefficient (Wildman–Crippen LogP) is 3.89. The minimum absolute atomic E-state index is 0.0829. The molecule has 11 heteroatoms. The number of benzene rings is 2. The second kappa shape index (κ2) is 10.3. The number of nitrogens with zero attached hydrogens (tertiary/aromatic N) is 2. The largest absolute Gasteiger partial charge is 0.507 e. The molecule has 192 valence electrons. The number of esters is 1. The molecule has 1 aliphatic rings. The molecule has 0 spiro atoms. The number of para-hydroxylation sites is 1. The highest BCUT2D eigenvalue weighted by atomic mass is 32.1. The van der Waals surface area contributed by atoms with Gasteiger partial charge in [0.15, 0.2) is 16.6 Å². The molecule has 2 heterocycles. The average molecular weight is 525 g/mol. The molecular weight excluding hydrogens is 500 g/mol. The number of amides is 1. The number of rotatable bonds is 7. The quantitative estimate of drug-likeness (QED) is 0.212. The van der Waals surface area contributed by atoms with Gasteiger partial charge in [-0.05, 0) is 25.1 Å². The van der Waals surface area contributed by atoms with Gasteiger partial charge in [0.1, 0.15) is 22.4 Å². The summed E-state index contributed by atoms with van der Waals surface area (Å²) in [7, 11) is 5.60. The molecule has 1 fully saturated rings. The molecule has 3 aromatic rings. The molecule has 0 unspecified atom stereocenters. The van der Waals surface area contributed by atoms with Crippen LogP contribution < -0.4 is 19.1 Å². The third-order valence-corrected chi connectivity index (χ3v) is 7.01. The number of aliphatic hydroxyl groups excluding tert-OH is 1. The number of aromatic nitrogens is 1. The molecule has 37 heavy (non-hydrogen) atoms. The lowest BCUT2D eigenvalue weighted by molar-refractivity contribution is -0.132. The van der Waals surface area contributed by atoms with Gasteiger partial charge >= 0.3 is 11.9 Å². The molecular formula is C26H24N2O8S. The van der Waals surface area contributed by atoms with Crippen molar-refractivity contribution in [1.29, 1.82) is 0 Å². The van der Waals surface area contributed by atoms with Crippen molar-refractivity contribution in [2.75, 3.05) is 33.3 Å². The Morgan fingerprint density at radius 2 is 1.76 bits per heavy atom. The van der Waals surface area contributed by atoms with E-state index in [0.717, 1.165) is 16.2 Å². The lowest BCUT2D eigenvalue weighted by Crippen LogP contribution is -2.29. The van der Waals surface area contributed by atoms with Crippen LogP contribution in [0.5, 0.6) is 17.2 Å². The van der Waals surface area contributed by atoms with Gasteiger partial charge in [0.2, 0.25) is 0 Å². The van der Waals surface area contributed by atoms with Crippen LogP contribution in [0.4, 0.5) is 5.13 Å². The lowest BCUT2D eigenvalue weighted by Gasteiger charge is -2.25. The minimum Gasteiger partial charge on any atom is -0.507 e. The number of carbonyl (C=O) groups is 3. The standard InChI is InChI=1S/C26H24N2O8S/c1-13-23(25(32)36-5)37-26(27-13)28-19(16-10-7-11-17(34-3)22(16)35-4)18(21(30)24(28)31)20(29)14-8-6-9-15(12-14)33-2/h6-12,19,29H,1-5H3/b20-18+/t19-/m1/s1. The summed E-state index contributed by atoms with van der Waals surface area (Å²) >= 11 is 0.904. The summed E-state index contributed by atoms with van der Waals surface area (Å²) in [6, 6.07) is 10.3. The molecule has 1 amide bonds. The number of ether oxygens (including phenoxy) is 4. The van der Waals surface area contributed by atoms with Gasteiger partial charge in [0, 0.05) is 11.1 Å². The fourth-order valence-corrected chi connectivity index (χ4v) is 5.16. The number of carbonyl (C=O) groups excluding carboxylic acids is 3. The molecule has 0 radical (unpaired) electrons. The van der Waals surface area contributed by atoms with Gasteiger partial charge in [-0.15, -0.1) is 0 Å². The summed E-state index contributed by atoms with van der Waals surface area (Å²) in [4.78, 5) is 44.9. The van der Waals surface area contributed by atoms with Gasteiger partial charge in [-0.3, -0.25) is 14.5 Å². The number of thiazole rings is 1. The molecule has 0 bridgehead atoms. The van der Waals surface area contributed by atoms with E-state index in [-0.39, 0.29) is 26.9 Å². The Bertz CT molecular complexity index is 1430. The van der Waals surface area contributed by atoms with E-state index in [0.29, 0.717) is 22.8 Å². The van der Waals surface area contributed by atoms with Gasteiger partial charge in [-0.25, -0.2) is 9.78 Å². The van der Waals surface area contributed by atoms with Crippen LogP contribution in [0.15, 0.2) is 48.0 Å². The van der Waals surface area contributed by atoms with Gasteiger partial charge < -0.3 is 24.1 Å². The first kappa shape index (κ1) is 25.7. The van der Waals surface area contributed by atoms with E-state index in [2.05, 4.69) is 4.98 Å². The highest BCUT2D eigenvalue weighted by Crippen LogP contribution is 2.48. The van der Waals surface area contributed by atoms with Crippen LogP contribution >= 0.6 is 11.3 Å². The van der Waals surface area contributed by atoms with E-state index < -0.39 is 29.5 Å². The molecule has 1 aliphatic heterocycles. The number of hydrogen-bond acceptors (Lipinski definition) is 10. The number of ketones is 1. The fourth-order valence-electron chi connectivity index (χ4n) is 4.14. The zero-order chi connectivity index (χ0) is 26.9. The van der Waals surface area contributed by atoms with Crippen molar-refractivity contribution in [3.8, 4) is 17.2 Å². The highest BCUT2D eigenvalue weighted by molar-refractivity contribution is 7.17. The minimum atomic E-state index is -1.15. The normalized spacial score (nSPS) is 16.6. The highest BCUT2D eigenvalue weighted by Gasteiger charge is 2.49. The van der Waals surface area contributed by atoms with Crippen molar-refractivity contribution in [3.63, 3.8) is 0 Å². The van der Waals surface area contributed by atoms with E-state index in [4.69, 9.17) is 18.9 Å². The first-order valence-corrected chi connectivity index (χ1v) is 11.8. The second-order valence-corrected chi connectivity index (χ2v) is 8.86. The van der Waals surface area contributed by atoms with E-state index in [1.54, 1.807) is 49.4 Å². The Balaban J connectivity index is 2.01. The Hall–Kier alpha value is -4.38. The maximum atomic E-state index is 13.5. The van der Waals surface area contributed by atoms with Crippen LogP contribution in [0.3, 0.4) is 0 Å². The summed E-state index contributed by atoms with van der Waals surface area (Å²) in [6.45, 7) is 1.60. The first-order valence-electron chi connectivity index (χ1n) is 11.0. The Morgan fingerprint density at radius 3 is 2.41 bits per heavy atom. The summed E-state index contributed by atoms with van der Waals surface area (Å²) in [6.07, 6.45) is 0. The van der Waals surface area contributed by atoms with Crippen LogP contribution in [-0.4, -0.2) is 56.2 Å². The van der Waals surface area contributed by atoms with E-state index >= 15 is 0 Å². The topological polar surface area (TPSA) is 124 Å². The molecule has 10 nitrogen and oxygen atoms in total. The number of anilines is 1. The third-order valence-electron chi connectivity index (χ3n) is 5.88. The van der Waals surface area contributed by atoms with Crippen molar-refractivity contribution in [2.45, 2.75) is 13.0 Å². The molecule has 1 aromatic heterocycles. The summed E-state index contributed by atoms with van der Waals surface area (Å²) in [5.74, 6) is -1.81. The van der Waals surface area contributed by atoms with Crippen molar-refractivity contribution in [3.05, 3.63) is 69.7 Å². The number of aliphatic hydroxyl groups is 1. The van der Waals surface area contributed by atoms with Gasteiger partial charge in [0.05, 0.1) is 39.7 Å². The maximum Gasteiger partial charge on any atom is 0.350 e. The van der Waals surface area contributed by atoms with E-state index in [9.17, 15) is 19.5 Å². The van der Waals surface area contributed by atoms with Gasteiger partial charge in [-0.2, -0.15) is 0 Å². The smallest absolute Gasteiger partial charge is 0.350 e. The zero-order valence-corrected chi connectivity index (χ0v) is 21.5. The molecule has 1 N–H and O–H groups in total. The summed E-state index contributed by atoms with van der Waals surface area (Å²) < 4.78 is 21.1. The number of hydrogen-bond donors (Lipinski definition) is 1. The van der Waals surface area contributed by atoms with Crippen molar-refractivity contribution >= 4 is 39.9 Å². The fraction of sp³-hybridized carbons (Fsp3) is 0.231. The van der Waals surface area contributed by atoms with Crippen molar-refractivity contribution in [1.82, 2.24) is 4.98 Å². The predicted molar refractivity (Wildman–Crippen MR) is 136 cm³/mol. The molecule has 0 aliphatic carbocycles. The second-order valence-electron chi connectivity index (χ2n) is 7.89. The van der Waals surface area contributed by atoms with Gasteiger partial charge in [0.25, 0.3) is 5.78 Å². The third kappa shape index (κ3) is 4.38. The molecule has 4 rings (SSSR count). The Labute approximate surface area is 216 Å². The van der Waals surface area contributed by atoms with E-state index in [1.807, 2.05) is 0 Å². The monoisotopic (exact) mass is 524 g/mol. The number of Topliss-reactive ketones (excluding diaryl/α,β-unsaturated/α-hetero) is 1. The molecule has 1 saturated heterocycles. The first-order chi connectivity index (χ1) is 17.8. The average Bonchev–Trinajstić information content (AvgIpc) is 3.43.